The van der Waals surface area contributed by atoms with Crippen LogP contribution in [0, 0.1) is 11.3 Å². The zero-order chi connectivity index (χ0) is 8.41. The predicted octanol–water partition coefficient (Wildman–Crippen LogP) is 2.22. The molecule has 0 rings (SSSR count). The zero-order valence-electron chi connectivity index (χ0n) is 7.18. The standard InChI is InChI=1S/C5H12.C2H5NO2/c1-4-5(2)3;1-4-5-2-3/h5H,4H2,1-3H3;2-3H,1H3. The minimum atomic E-state index is 0.708. The van der Waals surface area contributed by atoms with E-state index in [0.717, 1.165) is 5.92 Å². The van der Waals surface area contributed by atoms with Crippen LogP contribution in [0.15, 0.2) is 0 Å². The van der Waals surface area contributed by atoms with Crippen molar-refractivity contribution >= 4 is 6.40 Å². The second-order valence-corrected chi connectivity index (χ2v) is 2.18. The molecule has 0 radical (unpaired) electrons. The molecule has 0 saturated carbocycles. The summed E-state index contributed by atoms with van der Waals surface area (Å²) >= 11 is 0. The highest BCUT2D eigenvalue weighted by Crippen LogP contribution is 1.93. The van der Waals surface area contributed by atoms with E-state index in [4.69, 9.17) is 5.41 Å². The minimum absolute atomic E-state index is 0.708. The minimum Gasteiger partial charge on any atom is -0.326 e. The lowest BCUT2D eigenvalue weighted by molar-refractivity contribution is -0.188. The zero-order valence-corrected chi connectivity index (χ0v) is 7.18. The van der Waals surface area contributed by atoms with Crippen LogP contribution in [0.25, 0.3) is 0 Å². The molecular formula is C7H17NO2. The van der Waals surface area contributed by atoms with Crippen molar-refractivity contribution in [1.82, 2.24) is 0 Å². The SMILES string of the molecule is CCC(C)C.COOC=N. The number of nitrogens with one attached hydrogen (secondary N) is 1. The largest absolute Gasteiger partial charge is 0.326 e. The van der Waals surface area contributed by atoms with Crippen LogP contribution in [-0.2, 0) is 9.78 Å². The van der Waals surface area contributed by atoms with E-state index in [1.165, 1.54) is 13.5 Å². The molecule has 1 N–H and O–H groups in total. The molecule has 0 aliphatic rings. The summed E-state index contributed by atoms with van der Waals surface area (Å²) in [5.74, 6) is 0.884. The van der Waals surface area contributed by atoms with Crippen molar-refractivity contribution in [3.05, 3.63) is 0 Å². The summed E-state index contributed by atoms with van der Waals surface area (Å²) in [7, 11) is 1.34. The van der Waals surface area contributed by atoms with Crippen molar-refractivity contribution in [2.24, 2.45) is 5.92 Å². The van der Waals surface area contributed by atoms with Gasteiger partial charge in [0.1, 0.15) is 0 Å². The van der Waals surface area contributed by atoms with Gasteiger partial charge in [0.15, 0.2) is 0 Å². The van der Waals surface area contributed by atoms with E-state index in [0.29, 0.717) is 6.40 Å². The Morgan fingerprint density at radius 1 is 1.50 bits per heavy atom. The highest BCUT2D eigenvalue weighted by molar-refractivity contribution is 5.39. The van der Waals surface area contributed by atoms with Gasteiger partial charge < -0.3 is 4.89 Å². The van der Waals surface area contributed by atoms with Gasteiger partial charge in [-0.25, -0.2) is 0 Å². The van der Waals surface area contributed by atoms with Crippen LogP contribution < -0.4 is 0 Å². The molecule has 3 nitrogen and oxygen atoms in total. The van der Waals surface area contributed by atoms with Gasteiger partial charge in [0, 0.05) is 0 Å². The third-order valence-electron chi connectivity index (χ3n) is 0.961. The average Bonchev–Trinajstić information content (AvgIpc) is 1.91. The first kappa shape index (κ1) is 12.1. The Morgan fingerprint density at radius 3 is 1.90 bits per heavy atom. The molecule has 62 valence electrons. The van der Waals surface area contributed by atoms with Crippen molar-refractivity contribution in [3.8, 4) is 0 Å². The Balaban J connectivity index is 0. The fourth-order valence-corrected chi connectivity index (χ4v) is 0.0481. The maximum Gasteiger partial charge on any atom is 0.212 e. The van der Waals surface area contributed by atoms with Crippen LogP contribution in [0.2, 0.25) is 0 Å². The monoisotopic (exact) mass is 147 g/mol. The van der Waals surface area contributed by atoms with E-state index in [9.17, 15) is 0 Å². The van der Waals surface area contributed by atoms with Gasteiger partial charge in [-0.1, -0.05) is 27.2 Å². The number of hydrogen-bond acceptors (Lipinski definition) is 3. The van der Waals surface area contributed by atoms with E-state index in [-0.39, 0.29) is 0 Å². The van der Waals surface area contributed by atoms with Gasteiger partial charge >= 0.3 is 0 Å². The van der Waals surface area contributed by atoms with E-state index in [1.807, 2.05) is 0 Å². The second kappa shape index (κ2) is 11.3. The fourth-order valence-electron chi connectivity index (χ4n) is 0.0481. The quantitative estimate of drug-likeness (QED) is 0.288. The number of rotatable bonds is 3. The summed E-state index contributed by atoms with van der Waals surface area (Å²) in [5.41, 5.74) is 0. The molecule has 0 fully saturated rings. The van der Waals surface area contributed by atoms with Gasteiger partial charge in [-0.3, -0.25) is 5.41 Å². The molecule has 0 aliphatic heterocycles. The van der Waals surface area contributed by atoms with E-state index in [1.54, 1.807) is 0 Å². The average molecular weight is 147 g/mol. The highest BCUT2D eigenvalue weighted by atomic mass is 17.2. The van der Waals surface area contributed by atoms with Crippen molar-refractivity contribution in [2.45, 2.75) is 27.2 Å². The topological polar surface area (TPSA) is 42.3 Å². The normalized spacial score (nSPS) is 8.10. The Labute approximate surface area is 62.8 Å². The molecule has 0 saturated heterocycles. The molecule has 0 amide bonds. The van der Waals surface area contributed by atoms with Crippen LogP contribution in [0.1, 0.15) is 27.2 Å². The van der Waals surface area contributed by atoms with Gasteiger partial charge in [0.05, 0.1) is 7.11 Å². The van der Waals surface area contributed by atoms with Crippen molar-refractivity contribution in [1.29, 1.82) is 5.41 Å². The summed E-state index contributed by atoms with van der Waals surface area (Å²) in [6.07, 6.45) is 2.01. The molecule has 0 bridgehead atoms. The first-order chi connectivity index (χ1) is 4.68. The smallest absolute Gasteiger partial charge is 0.212 e. The molecule has 0 atom stereocenters. The van der Waals surface area contributed by atoms with Gasteiger partial charge in [-0.05, 0) is 5.92 Å². The summed E-state index contributed by atoms with van der Waals surface area (Å²) < 4.78 is 0. The Kier molecular flexibility index (Phi) is 13.7. The lowest BCUT2D eigenvalue weighted by Gasteiger charge is -1.90. The maximum absolute atomic E-state index is 6.13. The van der Waals surface area contributed by atoms with Gasteiger partial charge in [0.25, 0.3) is 0 Å². The van der Waals surface area contributed by atoms with Crippen LogP contribution in [0.5, 0.6) is 0 Å². The molecule has 0 aromatic heterocycles. The van der Waals surface area contributed by atoms with Gasteiger partial charge in [0.2, 0.25) is 6.40 Å². The Morgan fingerprint density at radius 2 is 1.90 bits per heavy atom. The van der Waals surface area contributed by atoms with E-state index < -0.39 is 0 Å². The third-order valence-corrected chi connectivity index (χ3v) is 0.961. The summed E-state index contributed by atoms with van der Waals surface area (Å²) in [4.78, 5) is 7.82. The molecular weight excluding hydrogens is 130 g/mol. The molecule has 0 aromatic carbocycles. The molecule has 0 unspecified atom stereocenters. The van der Waals surface area contributed by atoms with Crippen molar-refractivity contribution in [3.63, 3.8) is 0 Å². The highest BCUT2D eigenvalue weighted by Gasteiger charge is 1.80. The summed E-state index contributed by atoms with van der Waals surface area (Å²) in [5, 5.41) is 6.13. The van der Waals surface area contributed by atoms with Crippen molar-refractivity contribution < 1.29 is 9.78 Å². The van der Waals surface area contributed by atoms with Crippen LogP contribution >= 0.6 is 0 Å². The first-order valence-electron chi connectivity index (χ1n) is 3.37. The second-order valence-electron chi connectivity index (χ2n) is 2.18. The van der Waals surface area contributed by atoms with Crippen LogP contribution in [-0.4, -0.2) is 13.5 Å². The number of hydrogen-bond donors (Lipinski definition) is 1. The molecule has 10 heavy (non-hydrogen) atoms. The molecule has 3 heteroatoms. The molecule has 0 aromatic rings. The third kappa shape index (κ3) is 26.1. The summed E-state index contributed by atoms with van der Waals surface area (Å²) in [6.45, 7) is 6.64. The van der Waals surface area contributed by atoms with Crippen LogP contribution in [0.4, 0.5) is 0 Å². The van der Waals surface area contributed by atoms with Crippen molar-refractivity contribution in [2.75, 3.05) is 7.11 Å². The van der Waals surface area contributed by atoms with E-state index >= 15 is 0 Å². The molecule has 0 heterocycles. The van der Waals surface area contributed by atoms with Crippen LogP contribution in [0.3, 0.4) is 0 Å². The summed E-state index contributed by atoms with van der Waals surface area (Å²) in [6, 6.07) is 0. The van der Waals surface area contributed by atoms with E-state index in [2.05, 4.69) is 30.5 Å². The fraction of sp³-hybridized carbons (Fsp3) is 0.857. The molecule has 0 aliphatic carbocycles. The van der Waals surface area contributed by atoms with Gasteiger partial charge in [-0.2, -0.15) is 4.89 Å². The first-order valence-corrected chi connectivity index (χ1v) is 3.37. The van der Waals surface area contributed by atoms with Gasteiger partial charge in [-0.15, -0.1) is 0 Å². The lowest BCUT2D eigenvalue weighted by Crippen LogP contribution is -1.79. The lowest BCUT2D eigenvalue weighted by atomic mass is 10.2. The predicted molar refractivity (Wildman–Crippen MR) is 42.0 cm³/mol. The molecule has 0 spiro atoms. The Bertz CT molecular complexity index is 64.6. The maximum atomic E-state index is 6.13. The Hall–Kier alpha value is -0.570.